The van der Waals surface area contributed by atoms with Gasteiger partial charge in [-0.05, 0) is 45.6 Å². The van der Waals surface area contributed by atoms with Gasteiger partial charge in [0.2, 0.25) is 0 Å². The molecule has 0 aliphatic heterocycles. The Labute approximate surface area is 165 Å². The summed E-state index contributed by atoms with van der Waals surface area (Å²) < 4.78 is 3.06. The van der Waals surface area contributed by atoms with Crippen LogP contribution in [0.1, 0.15) is 52.1 Å². The number of thiazole rings is 1. The number of nitrogens with zero attached hydrogens (tertiary/aromatic N) is 6. The fourth-order valence-corrected chi connectivity index (χ4v) is 4.41. The summed E-state index contributed by atoms with van der Waals surface area (Å²) in [4.78, 5) is 33.7. The Hall–Kier alpha value is -2.88. The zero-order valence-electron chi connectivity index (χ0n) is 15.7. The van der Waals surface area contributed by atoms with Crippen molar-refractivity contribution in [3.05, 3.63) is 50.7 Å². The van der Waals surface area contributed by atoms with Crippen LogP contribution in [-0.4, -0.2) is 41.5 Å². The van der Waals surface area contributed by atoms with Gasteiger partial charge in [0.1, 0.15) is 17.5 Å². The standard InChI is InChI=1S/C18H21N7O2S/c1-11-17(28-12(2)21-11)18(27)22-13-3-5-14(6-4-13)25-16(26)8-7-15(23-25)24-10-19-9-20-24/h7-10,13-14H,3-6H2,1-2H3,(H,22,27). The van der Waals surface area contributed by atoms with Crippen LogP contribution in [0.4, 0.5) is 0 Å². The lowest BCUT2D eigenvalue weighted by molar-refractivity contribution is 0.0924. The Balaban J connectivity index is 1.42. The van der Waals surface area contributed by atoms with Gasteiger partial charge in [0, 0.05) is 12.1 Å². The van der Waals surface area contributed by atoms with Gasteiger partial charge in [-0.2, -0.15) is 5.10 Å². The van der Waals surface area contributed by atoms with E-state index in [0.29, 0.717) is 10.7 Å². The minimum Gasteiger partial charge on any atom is -0.349 e. The molecule has 0 unspecified atom stereocenters. The second kappa shape index (κ2) is 7.63. The zero-order chi connectivity index (χ0) is 19.7. The first-order chi connectivity index (χ1) is 13.5. The van der Waals surface area contributed by atoms with Crippen LogP contribution < -0.4 is 10.9 Å². The van der Waals surface area contributed by atoms with E-state index in [2.05, 4.69) is 25.5 Å². The van der Waals surface area contributed by atoms with Crippen molar-refractivity contribution in [2.24, 2.45) is 0 Å². The lowest BCUT2D eigenvalue weighted by atomic mass is 9.91. The maximum atomic E-state index is 12.5. The van der Waals surface area contributed by atoms with E-state index < -0.39 is 0 Å². The largest absolute Gasteiger partial charge is 0.349 e. The van der Waals surface area contributed by atoms with Crippen molar-refractivity contribution >= 4 is 17.2 Å². The van der Waals surface area contributed by atoms with Gasteiger partial charge < -0.3 is 5.32 Å². The molecule has 28 heavy (non-hydrogen) atoms. The molecule has 0 aromatic carbocycles. The van der Waals surface area contributed by atoms with Crippen LogP contribution in [0.3, 0.4) is 0 Å². The SMILES string of the molecule is Cc1nc(C)c(C(=O)NC2CCC(n3nc(-n4cncn4)ccc3=O)CC2)s1. The second-order valence-electron chi connectivity index (χ2n) is 6.94. The molecule has 4 rings (SSSR count). The van der Waals surface area contributed by atoms with Crippen LogP contribution in [-0.2, 0) is 0 Å². The number of carbonyl (C=O) groups is 1. The number of nitrogens with one attached hydrogen (secondary N) is 1. The number of rotatable bonds is 4. The Morgan fingerprint density at radius 2 is 2.00 bits per heavy atom. The second-order valence-corrected chi connectivity index (χ2v) is 8.14. The van der Waals surface area contributed by atoms with E-state index in [4.69, 9.17) is 0 Å². The van der Waals surface area contributed by atoms with Crippen LogP contribution in [0, 0.1) is 13.8 Å². The maximum Gasteiger partial charge on any atom is 0.267 e. The van der Waals surface area contributed by atoms with Gasteiger partial charge in [-0.1, -0.05) is 0 Å². The Bertz CT molecular complexity index is 1030. The molecule has 1 amide bonds. The average Bonchev–Trinajstić information content (AvgIpc) is 3.32. The highest BCUT2D eigenvalue weighted by molar-refractivity contribution is 7.13. The smallest absolute Gasteiger partial charge is 0.267 e. The molecular weight excluding hydrogens is 378 g/mol. The molecular formula is C18H21N7O2S. The number of hydrogen-bond acceptors (Lipinski definition) is 7. The first kappa shape index (κ1) is 18.5. The van der Waals surface area contributed by atoms with Gasteiger partial charge in [-0.25, -0.2) is 19.3 Å². The molecule has 3 aromatic heterocycles. The number of aromatic nitrogens is 6. The Morgan fingerprint density at radius 1 is 1.21 bits per heavy atom. The zero-order valence-corrected chi connectivity index (χ0v) is 16.5. The summed E-state index contributed by atoms with van der Waals surface area (Å²) in [6.07, 6.45) is 6.13. The topological polar surface area (TPSA) is 108 Å². The molecule has 1 aliphatic rings. The van der Waals surface area contributed by atoms with Crippen molar-refractivity contribution in [1.29, 1.82) is 0 Å². The first-order valence-corrected chi connectivity index (χ1v) is 10.0. The summed E-state index contributed by atoms with van der Waals surface area (Å²) in [5.41, 5.74) is 0.640. The molecule has 0 bridgehead atoms. The molecule has 1 fully saturated rings. The summed E-state index contributed by atoms with van der Waals surface area (Å²) in [6.45, 7) is 3.76. The molecule has 0 saturated heterocycles. The monoisotopic (exact) mass is 399 g/mol. The summed E-state index contributed by atoms with van der Waals surface area (Å²) >= 11 is 1.42. The summed E-state index contributed by atoms with van der Waals surface area (Å²) in [5, 5.41) is 12.5. The fraction of sp³-hybridized carbons (Fsp3) is 0.444. The highest BCUT2D eigenvalue weighted by atomic mass is 32.1. The minimum absolute atomic E-state index is 0.0107. The number of hydrogen-bond donors (Lipinski definition) is 1. The van der Waals surface area contributed by atoms with Gasteiger partial charge in [0.05, 0.1) is 16.7 Å². The van der Waals surface area contributed by atoms with E-state index in [-0.39, 0.29) is 23.6 Å². The maximum absolute atomic E-state index is 12.5. The van der Waals surface area contributed by atoms with Gasteiger partial charge >= 0.3 is 0 Å². The van der Waals surface area contributed by atoms with Crippen molar-refractivity contribution in [3.63, 3.8) is 0 Å². The van der Waals surface area contributed by atoms with Gasteiger partial charge in [0.15, 0.2) is 5.82 Å². The minimum atomic E-state index is -0.132. The quantitative estimate of drug-likeness (QED) is 0.717. The lowest BCUT2D eigenvalue weighted by Gasteiger charge is -2.29. The van der Waals surface area contributed by atoms with E-state index in [0.717, 1.165) is 36.4 Å². The normalized spacial score (nSPS) is 19.5. The predicted octanol–water partition coefficient (Wildman–Crippen LogP) is 1.81. The van der Waals surface area contributed by atoms with Crippen LogP contribution in [0.25, 0.3) is 5.82 Å². The van der Waals surface area contributed by atoms with E-state index in [1.807, 2.05) is 13.8 Å². The van der Waals surface area contributed by atoms with Gasteiger partial charge in [-0.3, -0.25) is 9.59 Å². The third-order valence-corrected chi connectivity index (χ3v) is 6.02. The molecule has 9 nitrogen and oxygen atoms in total. The number of carbonyl (C=O) groups excluding carboxylic acids is 1. The molecule has 0 spiro atoms. The van der Waals surface area contributed by atoms with E-state index >= 15 is 0 Å². The van der Waals surface area contributed by atoms with Crippen molar-refractivity contribution in [3.8, 4) is 5.82 Å². The van der Waals surface area contributed by atoms with Gasteiger partial charge in [0.25, 0.3) is 11.5 Å². The molecule has 3 aromatic rings. The van der Waals surface area contributed by atoms with E-state index in [9.17, 15) is 9.59 Å². The van der Waals surface area contributed by atoms with Gasteiger partial charge in [-0.15, -0.1) is 16.4 Å². The average molecular weight is 399 g/mol. The van der Waals surface area contributed by atoms with Crippen molar-refractivity contribution in [2.75, 3.05) is 0 Å². The number of aryl methyl sites for hydroxylation is 2. The summed E-state index contributed by atoms with van der Waals surface area (Å²) in [6, 6.07) is 3.25. The highest BCUT2D eigenvalue weighted by Gasteiger charge is 2.26. The predicted molar refractivity (Wildman–Crippen MR) is 104 cm³/mol. The van der Waals surface area contributed by atoms with Crippen molar-refractivity contribution in [2.45, 2.75) is 51.6 Å². The van der Waals surface area contributed by atoms with Crippen LogP contribution in [0.2, 0.25) is 0 Å². The Morgan fingerprint density at radius 3 is 2.64 bits per heavy atom. The Kier molecular flexibility index (Phi) is 5.03. The fourth-order valence-electron chi connectivity index (χ4n) is 3.58. The highest BCUT2D eigenvalue weighted by Crippen LogP contribution is 2.28. The molecule has 0 atom stereocenters. The van der Waals surface area contributed by atoms with E-state index in [1.165, 1.54) is 33.1 Å². The molecule has 146 valence electrons. The molecule has 3 heterocycles. The van der Waals surface area contributed by atoms with E-state index in [1.54, 1.807) is 12.4 Å². The van der Waals surface area contributed by atoms with Crippen molar-refractivity contribution < 1.29 is 4.79 Å². The first-order valence-electron chi connectivity index (χ1n) is 9.21. The molecule has 0 radical (unpaired) electrons. The summed E-state index contributed by atoms with van der Waals surface area (Å²) in [5.74, 6) is 0.499. The van der Waals surface area contributed by atoms with Crippen LogP contribution in [0.5, 0.6) is 0 Å². The molecule has 1 aliphatic carbocycles. The van der Waals surface area contributed by atoms with Crippen LogP contribution in [0.15, 0.2) is 29.6 Å². The summed E-state index contributed by atoms with van der Waals surface area (Å²) in [7, 11) is 0. The van der Waals surface area contributed by atoms with Crippen molar-refractivity contribution in [1.82, 2.24) is 34.8 Å². The molecule has 10 heteroatoms. The third-order valence-electron chi connectivity index (χ3n) is 4.95. The lowest BCUT2D eigenvalue weighted by Crippen LogP contribution is -2.39. The molecule has 1 saturated carbocycles. The van der Waals surface area contributed by atoms with Crippen LogP contribution >= 0.6 is 11.3 Å². The third kappa shape index (κ3) is 3.72. The number of amides is 1. The molecule has 1 N–H and O–H groups in total.